The first-order chi connectivity index (χ1) is 12.6. The van der Waals surface area contributed by atoms with Crippen LogP contribution < -0.4 is 11.1 Å². The van der Waals surface area contributed by atoms with Crippen molar-refractivity contribution in [3.05, 3.63) is 66.6 Å². The Morgan fingerprint density at radius 2 is 2.04 bits per heavy atom. The Morgan fingerprint density at radius 3 is 2.85 bits per heavy atom. The predicted molar refractivity (Wildman–Crippen MR) is 96.9 cm³/mol. The number of fused-ring (bicyclic) bond motifs is 1. The van der Waals surface area contributed by atoms with Gasteiger partial charge in [-0.15, -0.1) is 0 Å². The number of nitrogens with zero attached hydrogens (tertiary/aromatic N) is 5. The number of aromatic nitrogens is 5. The maximum Gasteiger partial charge on any atom is 0.180 e. The summed E-state index contributed by atoms with van der Waals surface area (Å²) in [5, 5.41) is 3.27. The first-order valence-corrected chi connectivity index (χ1v) is 8.04. The lowest BCUT2D eigenvalue weighted by Gasteiger charge is -2.16. The maximum atomic E-state index is 13.6. The molecule has 0 aliphatic rings. The number of halogens is 1. The second-order valence-corrected chi connectivity index (χ2v) is 5.87. The van der Waals surface area contributed by atoms with Gasteiger partial charge in [0.2, 0.25) is 0 Å². The van der Waals surface area contributed by atoms with Crippen molar-refractivity contribution < 1.29 is 4.39 Å². The molecule has 7 nitrogen and oxygen atoms in total. The second-order valence-electron chi connectivity index (χ2n) is 5.87. The van der Waals surface area contributed by atoms with E-state index in [1.165, 1.54) is 18.5 Å². The Morgan fingerprint density at radius 1 is 1.15 bits per heavy atom. The average molecular weight is 349 g/mol. The quantitative estimate of drug-likeness (QED) is 0.588. The first-order valence-electron chi connectivity index (χ1n) is 8.04. The van der Waals surface area contributed by atoms with Crippen LogP contribution in [0.1, 0.15) is 18.5 Å². The zero-order valence-corrected chi connectivity index (χ0v) is 14.0. The van der Waals surface area contributed by atoms with Crippen LogP contribution in [0.5, 0.6) is 0 Å². The summed E-state index contributed by atoms with van der Waals surface area (Å²) in [6.07, 6.45) is 7.98. The van der Waals surface area contributed by atoms with Crippen molar-refractivity contribution in [2.24, 2.45) is 0 Å². The molecule has 4 aromatic rings. The van der Waals surface area contributed by atoms with Crippen molar-refractivity contribution in [2.75, 3.05) is 11.1 Å². The van der Waals surface area contributed by atoms with Crippen LogP contribution in [0, 0.1) is 5.82 Å². The Hall–Kier alpha value is -3.55. The zero-order chi connectivity index (χ0) is 18.1. The van der Waals surface area contributed by atoms with Crippen LogP contribution in [0.4, 0.5) is 15.9 Å². The van der Waals surface area contributed by atoms with E-state index < -0.39 is 0 Å². The summed E-state index contributed by atoms with van der Waals surface area (Å²) in [6.45, 7) is 1.99. The highest BCUT2D eigenvalue weighted by molar-refractivity contribution is 5.66. The molecule has 130 valence electrons. The Labute approximate surface area is 148 Å². The van der Waals surface area contributed by atoms with Gasteiger partial charge in [-0.25, -0.2) is 19.3 Å². The molecule has 0 spiro atoms. The fourth-order valence-corrected chi connectivity index (χ4v) is 2.67. The highest BCUT2D eigenvalue weighted by atomic mass is 19.1. The van der Waals surface area contributed by atoms with E-state index in [0.717, 1.165) is 5.56 Å². The molecule has 0 saturated heterocycles. The second kappa shape index (κ2) is 6.40. The molecule has 4 heterocycles. The summed E-state index contributed by atoms with van der Waals surface area (Å²) in [5.41, 5.74) is 8.64. The molecule has 0 aliphatic carbocycles. The van der Waals surface area contributed by atoms with Gasteiger partial charge >= 0.3 is 0 Å². The van der Waals surface area contributed by atoms with E-state index in [9.17, 15) is 4.39 Å². The number of nitrogen functional groups attached to an aromatic ring is 1. The van der Waals surface area contributed by atoms with E-state index in [4.69, 9.17) is 5.73 Å². The zero-order valence-electron chi connectivity index (χ0n) is 14.0. The van der Waals surface area contributed by atoms with Gasteiger partial charge in [0.25, 0.3) is 0 Å². The molecule has 0 bridgehead atoms. The van der Waals surface area contributed by atoms with Crippen LogP contribution in [-0.4, -0.2) is 24.3 Å². The summed E-state index contributed by atoms with van der Waals surface area (Å²) in [5.74, 6) is 0.534. The molecule has 8 heteroatoms. The molecule has 4 aromatic heterocycles. The van der Waals surface area contributed by atoms with Crippen LogP contribution in [0.2, 0.25) is 0 Å². The number of rotatable bonds is 4. The lowest BCUT2D eigenvalue weighted by molar-refractivity contribution is 0.619. The van der Waals surface area contributed by atoms with Crippen molar-refractivity contribution in [2.45, 2.75) is 13.0 Å². The van der Waals surface area contributed by atoms with Gasteiger partial charge in [0.1, 0.15) is 17.2 Å². The minimum Gasteiger partial charge on any atom is -0.394 e. The molecular weight excluding hydrogens is 333 g/mol. The number of pyridine rings is 2. The van der Waals surface area contributed by atoms with Gasteiger partial charge in [0.15, 0.2) is 11.6 Å². The molecule has 0 aliphatic heterocycles. The molecule has 0 amide bonds. The molecule has 4 rings (SSSR count). The number of hydrogen-bond donors (Lipinski definition) is 2. The fourth-order valence-electron chi connectivity index (χ4n) is 2.67. The van der Waals surface area contributed by atoms with Crippen LogP contribution in [0.3, 0.4) is 0 Å². The largest absolute Gasteiger partial charge is 0.394 e. The normalized spacial score (nSPS) is 12.2. The number of nitrogens with one attached hydrogen (secondary N) is 1. The molecule has 3 N–H and O–H groups in total. The highest BCUT2D eigenvalue weighted by Gasteiger charge is 2.14. The van der Waals surface area contributed by atoms with E-state index in [-0.39, 0.29) is 11.9 Å². The molecule has 0 saturated carbocycles. The van der Waals surface area contributed by atoms with Gasteiger partial charge < -0.3 is 11.1 Å². The monoisotopic (exact) mass is 349 g/mol. The SMILES string of the molecule is C[C@@H](Nc1nc(-c2cnc3ccc(F)cn23)ncc1N)c1cccnc1. The highest BCUT2D eigenvalue weighted by Crippen LogP contribution is 2.25. The third-order valence-electron chi connectivity index (χ3n) is 4.05. The molecule has 0 unspecified atom stereocenters. The van der Waals surface area contributed by atoms with Crippen molar-refractivity contribution in [1.29, 1.82) is 0 Å². The lowest BCUT2D eigenvalue weighted by Crippen LogP contribution is -2.11. The summed E-state index contributed by atoms with van der Waals surface area (Å²) >= 11 is 0. The van der Waals surface area contributed by atoms with Crippen LogP contribution in [0.25, 0.3) is 17.2 Å². The van der Waals surface area contributed by atoms with E-state index in [2.05, 4.69) is 25.3 Å². The summed E-state index contributed by atoms with van der Waals surface area (Å²) < 4.78 is 15.2. The molecule has 1 atom stereocenters. The molecule has 0 radical (unpaired) electrons. The van der Waals surface area contributed by atoms with Crippen LogP contribution >= 0.6 is 0 Å². The Balaban J connectivity index is 1.71. The topological polar surface area (TPSA) is 94.0 Å². The summed E-state index contributed by atoms with van der Waals surface area (Å²) in [7, 11) is 0. The third-order valence-corrected chi connectivity index (χ3v) is 4.05. The molecule has 26 heavy (non-hydrogen) atoms. The number of hydrogen-bond acceptors (Lipinski definition) is 6. The average Bonchev–Trinajstić information content (AvgIpc) is 3.07. The van der Waals surface area contributed by atoms with Gasteiger partial charge in [0.05, 0.1) is 24.1 Å². The van der Waals surface area contributed by atoms with Crippen LogP contribution in [-0.2, 0) is 0 Å². The smallest absolute Gasteiger partial charge is 0.180 e. The number of anilines is 2. The molecular formula is C18H16FN7. The van der Waals surface area contributed by atoms with Crippen molar-refractivity contribution in [1.82, 2.24) is 24.3 Å². The third kappa shape index (κ3) is 2.92. The first kappa shape index (κ1) is 15.9. The summed E-state index contributed by atoms with van der Waals surface area (Å²) in [6, 6.07) is 6.75. The summed E-state index contributed by atoms with van der Waals surface area (Å²) in [4.78, 5) is 17.2. The Kier molecular flexibility index (Phi) is 3.92. The van der Waals surface area contributed by atoms with Crippen molar-refractivity contribution in [3.8, 4) is 11.5 Å². The van der Waals surface area contributed by atoms with Gasteiger partial charge in [-0.1, -0.05) is 6.07 Å². The number of nitrogens with two attached hydrogens (primary N) is 1. The van der Waals surface area contributed by atoms with Gasteiger partial charge in [-0.3, -0.25) is 9.38 Å². The van der Waals surface area contributed by atoms with Gasteiger partial charge in [0, 0.05) is 18.6 Å². The molecule has 0 fully saturated rings. The predicted octanol–water partition coefficient (Wildman–Crippen LogP) is 3.08. The van der Waals surface area contributed by atoms with E-state index in [1.54, 1.807) is 29.1 Å². The van der Waals surface area contributed by atoms with E-state index in [1.807, 2.05) is 19.1 Å². The van der Waals surface area contributed by atoms with E-state index >= 15 is 0 Å². The fraction of sp³-hybridized carbons (Fsp3) is 0.111. The minimum atomic E-state index is -0.365. The molecule has 0 aromatic carbocycles. The number of imidazole rings is 1. The van der Waals surface area contributed by atoms with Gasteiger partial charge in [-0.05, 0) is 30.7 Å². The standard InChI is InChI=1S/C18H16FN7/c1-11(12-3-2-6-21-7-12)24-17-14(20)8-23-18(25-17)15-9-22-16-5-4-13(19)10-26(15)16/h2-11H,20H2,1H3,(H,23,24,25)/t11-/m1/s1. The van der Waals surface area contributed by atoms with Gasteiger partial charge in [-0.2, -0.15) is 0 Å². The van der Waals surface area contributed by atoms with Crippen LogP contribution in [0.15, 0.2) is 55.2 Å². The minimum absolute atomic E-state index is 0.0478. The van der Waals surface area contributed by atoms with Crippen molar-refractivity contribution in [3.63, 3.8) is 0 Å². The van der Waals surface area contributed by atoms with E-state index in [0.29, 0.717) is 28.7 Å². The lowest BCUT2D eigenvalue weighted by atomic mass is 10.1. The van der Waals surface area contributed by atoms with Crippen molar-refractivity contribution >= 4 is 17.2 Å². The Bertz CT molecular complexity index is 1060. The maximum absolute atomic E-state index is 13.6.